The van der Waals surface area contributed by atoms with E-state index in [2.05, 4.69) is 18.8 Å². The maximum Gasteiger partial charge on any atom is 0.394 e. The summed E-state index contributed by atoms with van der Waals surface area (Å²) in [5, 5.41) is 0. The van der Waals surface area contributed by atoms with Crippen molar-refractivity contribution in [1.82, 2.24) is 4.98 Å². The van der Waals surface area contributed by atoms with E-state index in [0.717, 1.165) is 28.0 Å². The van der Waals surface area contributed by atoms with Crippen molar-refractivity contribution in [2.24, 2.45) is 5.92 Å². The van der Waals surface area contributed by atoms with Crippen LogP contribution in [0.4, 0.5) is 0 Å². The fraction of sp³-hybridized carbons (Fsp3) is 0.316. The number of ether oxygens (including phenoxy) is 2. The first kappa shape index (κ1) is 15.4. The third kappa shape index (κ3) is 3.65. The molecule has 3 aromatic rings. The van der Waals surface area contributed by atoms with Crippen LogP contribution in [-0.2, 0) is 6.61 Å². The molecule has 0 fully saturated rings. The van der Waals surface area contributed by atoms with Crippen molar-refractivity contribution in [3.63, 3.8) is 0 Å². The van der Waals surface area contributed by atoms with E-state index in [0.29, 0.717) is 25.2 Å². The summed E-state index contributed by atoms with van der Waals surface area (Å²) in [7, 11) is 0. The quantitative estimate of drug-likeness (QED) is 0.659. The Morgan fingerprint density at radius 1 is 1.04 bits per heavy atom. The Morgan fingerprint density at radius 3 is 2.65 bits per heavy atom. The molecule has 23 heavy (non-hydrogen) atoms. The number of rotatable bonds is 6. The molecule has 4 nitrogen and oxygen atoms in total. The first-order valence-electron chi connectivity index (χ1n) is 7.83. The van der Waals surface area contributed by atoms with Crippen LogP contribution in [0.1, 0.15) is 25.0 Å². The molecule has 0 aliphatic heterocycles. The molecule has 0 N–H and O–H groups in total. The zero-order valence-corrected chi connectivity index (χ0v) is 13.7. The van der Waals surface area contributed by atoms with Gasteiger partial charge in [-0.05, 0) is 42.2 Å². The van der Waals surface area contributed by atoms with Gasteiger partial charge in [-0.2, -0.15) is 4.98 Å². The molecular weight excluding hydrogens is 290 g/mol. The largest absolute Gasteiger partial charge is 0.493 e. The molecule has 0 amide bonds. The molecule has 0 saturated heterocycles. The van der Waals surface area contributed by atoms with E-state index in [9.17, 15) is 0 Å². The van der Waals surface area contributed by atoms with Crippen LogP contribution in [0.2, 0.25) is 0 Å². The topological polar surface area (TPSA) is 44.5 Å². The lowest BCUT2D eigenvalue weighted by Crippen LogP contribution is -2.07. The van der Waals surface area contributed by atoms with Gasteiger partial charge in [0.15, 0.2) is 5.58 Å². The van der Waals surface area contributed by atoms with Crippen molar-refractivity contribution in [2.45, 2.75) is 27.4 Å². The molecule has 0 atom stereocenters. The maximum atomic E-state index is 5.84. The van der Waals surface area contributed by atoms with Gasteiger partial charge in [-0.15, -0.1) is 0 Å². The zero-order chi connectivity index (χ0) is 16.2. The maximum absolute atomic E-state index is 5.84. The Bertz CT molecular complexity index is 759. The predicted octanol–water partition coefficient (Wildman–Crippen LogP) is 4.75. The molecule has 4 heteroatoms. The second kappa shape index (κ2) is 6.73. The van der Waals surface area contributed by atoms with Crippen LogP contribution in [0.25, 0.3) is 11.1 Å². The smallest absolute Gasteiger partial charge is 0.394 e. The Labute approximate surface area is 136 Å². The molecule has 0 spiro atoms. The summed E-state index contributed by atoms with van der Waals surface area (Å²) in [6.45, 7) is 7.42. The van der Waals surface area contributed by atoms with Gasteiger partial charge in [-0.3, -0.25) is 0 Å². The van der Waals surface area contributed by atoms with E-state index >= 15 is 0 Å². The minimum absolute atomic E-state index is 0.291. The van der Waals surface area contributed by atoms with E-state index in [1.807, 2.05) is 49.4 Å². The number of oxazole rings is 1. The van der Waals surface area contributed by atoms with Crippen molar-refractivity contribution in [1.29, 1.82) is 0 Å². The number of para-hydroxylation sites is 2. The molecule has 3 rings (SSSR count). The van der Waals surface area contributed by atoms with Crippen LogP contribution in [0.15, 0.2) is 46.9 Å². The monoisotopic (exact) mass is 311 g/mol. The average molecular weight is 311 g/mol. The number of aromatic nitrogens is 1. The molecule has 0 unspecified atom stereocenters. The fourth-order valence-corrected chi connectivity index (χ4v) is 2.28. The van der Waals surface area contributed by atoms with Crippen LogP contribution in [-0.4, -0.2) is 11.6 Å². The summed E-state index contributed by atoms with van der Waals surface area (Å²) >= 11 is 0. The lowest BCUT2D eigenvalue weighted by Gasteiger charge is -2.13. The van der Waals surface area contributed by atoms with Crippen LogP contribution >= 0.6 is 0 Å². The number of benzene rings is 2. The van der Waals surface area contributed by atoms with Crippen molar-refractivity contribution in [2.75, 3.05) is 6.61 Å². The molecule has 120 valence electrons. The normalized spacial score (nSPS) is 11.1. The van der Waals surface area contributed by atoms with Gasteiger partial charge in [0.05, 0.1) is 6.61 Å². The first-order valence-corrected chi connectivity index (χ1v) is 7.83. The van der Waals surface area contributed by atoms with E-state index < -0.39 is 0 Å². The van der Waals surface area contributed by atoms with Gasteiger partial charge in [0, 0.05) is 0 Å². The molecular formula is C19H21NO3. The average Bonchev–Trinajstić information content (AvgIpc) is 2.95. The van der Waals surface area contributed by atoms with Gasteiger partial charge in [-0.1, -0.05) is 38.1 Å². The molecule has 0 aliphatic carbocycles. The van der Waals surface area contributed by atoms with Gasteiger partial charge >= 0.3 is 6.08 Å². The molecule has 0 bridgehead atoms. The molecule has 1 heterocycles. The summed E-state index contributed by atoms with van der Waals surface area (Å²) < 4.78 is 17.1. The SMILES string of the molecule is Cc1c(COc2nc3ccccc3o2)cccc1OCC(C)C. The lowest BCUT2D eigenvalue weighted by atomic mass is 10.1. The highest BCUT2D eigenvalue weighted by molar-refractivity contribution is 5.72. The molecule has 1 aromatic heterocycles. The third-order valence-electron chi connectivity index (χ3n) is 3.59. The van der Waals surface area contributed by atoms with Crippen molar-refractivity contribution < 1.29 is 13.9 Å². The van der Waals surface area contributed by atoms with Crippen LogP contribution in [0.5, 0.6) is 11.8 Å². The van der Waals surface area contributed by atoms with Gasteiger partial charge in [0.25, 0.3) is 0 Å². The second-order valence-electron chi connectivity index (χ2n) is 5.98. The minimum Gasteiger partial charge on any atom is -0.493 e. The van der Waals surface area contributed by atoms with Crippen molar-refractivity contribution in [3.05, 3.63) is 53.6 Å². The van der Waals surface area contributed by atoms with Gasteiger partial charge in [-0.25, -0.2) is 0 Å². The van der Waals surface area contributed by atoms with E-state index in [1.54, 1.807) is 0 Å². The summed E-state index contributed by atoms with van der Waals surface area (Å²) in [6.07, 6.45) is 0.291. The van der Waals surface area contributed by atoms with Crippen LogP contribution in [0.3, 0.4) is 0 Å². The molecule has 0 aliphatic rings. The van der Waals surface area contributed by atoms with E-state index in [1.165, 1.54) is 0 Å². The Morgan fingerprint density at radius 2 is 1.87 bits per heavy atom. The summed E-state index contributed by atoms with van der Waals surface area (Å²) in [4.78, 5) is 4.32. The van der Waals surface area contributed by atoms with E-state index in [4.69, 9.17) is 13.9 Å². The second-order valence-corrected chi connectivity index (χ2v) is 5.98. The highest BCUT2D eigenvalue weighted by Gasteiger charge is 2.10. The predicted molar refractivity (Wildman–Crippen MR) is 89.9 cm³/mol. The molecule has 0 saturated carbocycles. The first-order chi connectivity index (χ1) is 11.1. The summed E-state index contributed by atoms with van der Waals surface area (Å²) in [6, 6.07) is 13.6. The highest BCUT2D eigenvalue weighted by atomic mass is 16.6. The van der Waals surface area contributed by atoms with E-state index in [-0.39, 0.29) is 0 Å². The number of fused-ring (bicyclic) bond motifs is 1. The lowest BCUT2D eigenvalue weighted by molar-refractivity contribution is 0.224. The third-order valence-corrected chi connectivity index (χ3v) is 3.59. The number of hydrogen-bond acceptors (Lipinski definition) is 4. The molecule has 0 radical (unpaired) electrons. The Balaban J connectivity index is 1.71. The van der Waals surface area contributed by atoms with Crippen LogP contribution < -0.4 is 9.47 Å². The van der Waals surface area contributed by atoms with Gasteiger partial charge < -0.3 is 13.9 Å². The minimum atomic E-state index is 0.291. The summed E-state index contributed by atoms with van der Waals surface area (Å²) in [5.41, 5.74) is 3.68. The van der Waals surface area contributed by atoms with Gasteiger partial charge in [0.1, 0.15) is 17.9 Å². The van der Waals surface area contributed by atoms with Gasteiger partial charge in [0.2, 0.25) is 0 Å². The van der Waals surface area contributed by atoms with Crippen molar-refractivity contribution in [3.8, 4) is 11.8 Å². The Kier molecular flexibility index (Phi) is 4.51. The standard InChI is InChI=1S/C19H21NO3/c1-13(2)11-21-17-10-6-7-15(14(17)3)12-22-19-20-16-8-4-5-9-18(16)23-19/h4-10,13H,11-12H2,1-3H3. The fourth-order valence-electron chi connectivity index (χ4n) is 2.28. The Hall–Kier alpha value is -2.49. The number of nitrogens with zero attached hydrogens (tertiary/aromatic N) is 1. The summed E-state index contributed by atoms with van der Waals surface area (Å²) in [5.74, 6) is 1.39. The zero-order valence-electron chi connectivity index (χ0n) is 13.7. The molecule has 2 aromatic carbocycles. The highest BCUT2D eigenvalue weighted by Crippen LogP contribution is 2.25. The van der Waals surface area contributed by atoms with Crippen molar-refractivity contribution >= 4 is 11.1 Å². The van der Waals surface area contributed by atoms with Crippen LogP contribution in [0, 0.1) is 12.8 Å². The number of hydrogen-bond donors (Lipinski definition) is 0.